The quantitative estimate of drug-likeness (QED) is 0.157. The zero-order valence-electron chi connectivity index (χ0n) is 23.4. The second-order valence-corrected chi connectivity index (χ2v) is 9.60. The van der Waals surface area contributed by atoms with Crippen molar-refractivity contribution in [3.8, 4) is 23.0 Å². The van der Waals surface area contributed by atoms with Crippen LogP contribution in [0.3, 0.4) is 0 Å². The highest BCUT2D eigenvalue weighted by Gasteiger charge is 2.21. The van der Waals surface area contributed by atoms with E-state index >= 15 is 0 Å². The van der Waals surface area contributed by atoms with E-state index in [9.17, 15) is 9.18 Å². The summed E-state index contributed by atoms with van der Waals surface area (Å²) in [5, 5.41) is 10.5. The maximum atomic E-state index is 13.7. The second kappa shape index (κ2) is 13.4. The van der Waals surface area contributed by atoms with E-state index in [1.807, 2.05) is 0 Å². The number of hydrogen-bond donors (Lipinski definition) is 3. The number of ether oxygens (including phenoxy) is 5. The van der Waals surface area contributed by atoms with Gasteiger partial charge in [0.25, 0.3) is 0 Å². The van der Waals surface area contributed by atoms with Gasteiger partial charge in [-0.25, -0.2) is 24.6 Å². The molecule has 12 nitrogen and oxygen atoms in total. The fourth-order valence-electron chi connectivity index (χ4n) is 4.41. The molecule has 4 aromatic rings. The lowest BCUT2D eigenvalue weighted by atomic mass is 10.1. The Hall–Kier alpha value is -4.88. The van der Waals surface area contributed by atoms with Gasteiger partial charge in [0.15, 0.2) is 11.5 Å². The molecule has 1 aliphatic rings. The summed E-state index contributed by atoms with van der Waals surface area (Å²) >= 11 is 5.95. The number of nitrogens with one attached hydrogen (secondary N) is 3. The summed E-state index contributed by atoms with van der Waals surface area (Å²) in [5.74, 6) is 1.52. The Morgan fingerprint density at radius 1 is 1.07 bits per heavy atom. The van der Waals surface area contributed by atoms with E-state index < -0.39 is 11.8 Å². The largest absolute Gasteiger partial charge is 0.493 e. The number of nitrogens with zero attached hydrogens (tertiary/aromatic N) is 3. The number of carbonyl (C=O) groups excluding carboxylic acids is 1. The van der Waals surface area contributed by atoms with Crippen molar-refractivity contribution in [1.29, 1.82) is 0 Å². The average Bonchev–Trinajstić information content (AvgIpc) is 3.52. The Balaban J connectivity index is 1.41. The number of amides is 2. The van der Waals surface area contributed by atoms with Crippen LogP contribution in [-0.2, 0) is 4.74 Å². The number of benzene rings is 3. The van der Waals surface area contributed by atoms with E-state index in [1.165, 1.54) is 52.1 Å². The molecule has 1 saturated heterocycles. The van der Waals surface area contributed by atoms with Gasteiger partial charge in [-0.05, 0) is 36.4 Å². The predicted octanol–water partition coefficient (Wildman–Crippen LogP) is 5.52. The Bertz CT molecular complexity index is 1670. The lowest BCUT2D eigenvalue weighted by Crippen LogP contribution is -2.25. The average molecular weight is 611 g/mol. The summed E-state index contributed by atoms with van der Waals surface area (Å²) in [6, 6.07) is 10.4. The Morgan fingerprint density at radius 3 is 2.63 bits per heavy atom. The van der Waals surface area contributed by atoms with Crippen LogP contribution in [0.5, 0.6) is 23.0 Å². The molecule has 0 spiro atoms. The molecule has 1 aromatic heterocycles. The smallest absolute Gasteiger partial charge is 0.339 e. The minimum atomic E-state index is -0.640. The molecule has 1 fully saturated rings. The molecule has 43 heavy (non-hydrogen) atoms. The van der Waals surface area contributed by atoms with Gasteiger partial charge in [-0.1, -0.05) is 11.6 Å². The van der Waals surface area contributed by atoms with Crippen LogP contribution in [0, 0.1) is 5.82 Å². The first-order valence-electron chi connectivity index (χ1n) is 13.0. The highest BCUT2D eigenvalue weighted by atomic mass is 35.5. The molecule has 224 valence electrons. The van der Waals surface area contributed by atoms with Crippen molar-refractivity contribution < 1.29 is 32.9 Å². The highest BCUT2D eigenvalue weighted by molar-refractivity contribution is 6.31. The molecular formula is C29H28ClFN6O6. The molecule has 0 radical (unpaired) electrons. The fourth-order valence-corrected chi connectivity index (χ4v) is 4.59. The van der Waals surface area contributed by atoms with Gasteiger partial charge in [0.1, 0.15) is 29.8 Å². The van der Waals surface area contributed by atoms with E-state index in [1.54, 1.807) is 24.3 Å². The summed E-state index contributed by atoms with van der Waals surface area (Å²) in [5.41, 5.74) is 4.39. The van der Waals surface area contributed by atoms with Crippen molar-refractivity contribution in [1.82, 2.24) is 15.4 Å². The maximum Gasteiger partial charge on any atom is 0.339 e. The molecule has 14 heteroatoms. The third-order valence-corrected chi connectivity index (χ3v) is 6.74. The van der Waals surface area contributed by atoms with Crippen molar-refractivity contribution in [3.63, 3.8) is 0 Å². The minimum absolute atomic E-state index is 0.0388. The van der Waals surface area contributed by atoms with E-state index in [0.29, 0.717) is 76.3 Å². The van der Waals surface area contributed by atoms with Crippen LogP contribution in [-0.4, -0.2) is 62.9 Å². The van der Waals surface area contributed by atoms with Crippen LogP contribution in [0.15, 0.2) is 53.9 Å². The number of urea groups is 1. The fraction of sp³-hybridized carbons (Fsp3) is 0.241. The third-order valence-electron chi connectivity index (χ3n) is 6.45. The lowest BCUT2D eigenvalue weighted by molar-refractivity contribution is 0.142. The van der Waals surface area contributed by atoms with Crippen LogP contribution in [0.2, 0.25) is 5.02 Å². The molecule has 0 unspecified atom stereocenters. The standard InChI is InChI=1S/C29H28ClFN6O6/c1-39-24-7-4-16(26(40-2)27(24)41-3)13-34-37-29(38)36-23-11-19-22(12-25(23)43-18-8-9-42-14-18)32-15-33-28(19)35-17-5-6-21(31)20(30)10-17/h4-7,10-13,15,18H,8-9,14H2,1-3H3,(H,32,33,35)(H2,36,37,38)/b34-13+/t18-/m0/s1. The van der Waals surface area contributed by atoms with Gasteiger partial charge in [0.2, 0.25) is 5.75 Å². The summed E-state index contributed by atoms with van der Waals surface area (Å²) < 4.78 is 41.4. The highest BCUT2D eigenvalue weighted by Crippen LogP contribution is 2.39. The van der Waals surface area contributed by atoms with Gasteiger partial charge in [0.05, 0.1) is 57.0 Å². The predicted molar refractivity (Wildman–Crippen MR) is 160 cm³/mol. The third kappa shape index (κ3) is 6.79. The first-order chi connectivity index (χ1) is 20.9. The van der Waals surface area contributed by atoms with Crippen molar-refractivity contribution >= 4 is 51.9 Å². The zero-order valence-corrected chi connectivity index (χ0v) is 24.2. The SMILES string of the molecule is COc1ccc(/C=N/NC(=O)Nc2cc3c(Nc4ccc(F)c(Cl)c4)ncnc3cc2O[C@H]2CCOC2)c(OC)c1OC. The van der Waals surface area contributed by atoms with E-state index in [2.05, 4.69) is 31.1 Å². The summed E-state index contributed by atoms with van der Waals surface area (Å²) in [6.07, 6.45) is 3.30. The van der Waals surface area contributed by atoms with Crippen LogP contribution in [0.1, 0.15) is 12.0 Å². The summed E-state index contributed by atoms with van der Waals surface area (Å²) in [4.78, 5) is 21.7. The Morgan fingerprint density at radius 2 is 1.91 bits per heavy atom. The summed E-state index contributed by atoms with van der Waals surface area (Å²) in [6.45, 7) is 0.995. The molecular weight excluding hydrogens is 583 g/mol. The maximum absolute atomic E-state index is 13.7. The van der Waals surface area contributed by atoms with Crippen molar-refractivity contribution in [2.75, 3.05) is 45.2 Å². The second-order valence-electron chi connectivity index (χ2n) is 9.19. The summed E-state index contributed by atoms with van der Waals surface area (Å²) in [7, 11) is 4.50. The number of halogens is 2. The first-order valence-corrected chi connectivity index (χ1v) is 13.4. The van der Waals surface area contributed by atoms with Gasteiger partial charge in [0, 0.05) is 29.1 Å². The van der Waals surface area contributed by atoms with E-state index in [-0.39, 0.29) is 11.1 Å². The number of hydrogen-bond acceptors (Lipinski definition) is 10. The normalized spacial score (nSPS) is 14.5. The number of fused-ring (bicyclic) bond motifs is 1. The van der Waals surface area contributed by atoms with Crippen LogP contribution >= 0.6 is 11.6 Å². The number of anilines is 3. The Labute approximate surface area is 251 Å². The van der Waals surface area contributed by atoms with Gasteiger partial charge < -0.3 is 34.3 Å². The van der Waals surface area contributed by atoms with Crippen LogP contribution < -0.4 is 35.0 Å². The number of hydrazone groups is 1. The van der Waals surface area contributed by atoms with E-state index in [4.69, 9.17) is 35.3 Å². The first kappa shape index (κ1) is 29.6. The van der Waals surface area contributed by atoms with Crippen LogP contribution in [0.4, 0.5) is 26.4 Å². The molecule has 2 heterocycles. The Kier molecular flexibility index (Phi) is 9.23. The van der Waals surface area contributed by atoms with Crippen molar-refractivity contribution in [2.24, 2.45) is 5.10 Å². The number of methoxy groups -OCH3 is 3. The molecule has 0 bridgehead atoms. The topological polar surface area (TPSA) is 137 Å². The molecule has 0 aliphatic carbocycles. The van der Waals surface area contributed by atoms with Crippen molar-refractivity contribution in [2.45, 2.75) is 12.5 Å². The molecule has 2 amide bonds. The number of rotatable bonds is 10. The van der Waals surface area contributed by atoms with Crippen molar-refractivity contribution in [3.05, 3.63) is 65.2 Å². The number of aromatic nitrogens is 2. The number of carbonyl (C=O) groups is 1. The van der Waals surface area contributed by atoms with Gasteiger partial charge in [-0.15, -0.1) is 0 Å². The molecule has 1 atom stereocenters. The van der Waals surface area contributed by atoms with E-state index in [0.717, 1.165) is 0 Å². The molecule has 3 N–H and O–H groups in total. The van der Waals surface area contributed by atoms with Gasteiger partial charge >= 0.3 is 6.03 Å². The monoisotopic (exact) mass is 610 g/mol. The minimum Gasteiger partial charge on any atom is -0.493 e. The lowest BCUT2D eigenvalue weighted by Gasteiger charge is -2.18. The molecule has 1 aliphatic heterocycles. The molecule has 0 saturated carbocycles. The van der Waals surface area contributed by atoms with Gasteiger partial charge in [-0.2, -0.15) is 5.10 Å². The van der Waals surface area contributed by atoms with Gasteiger partial charge in [-0.3, -0.25) is 0 Å². The van der Waals surface area contributed by atoms with Crippen LogP contribution in [0.25, 0.3) is 10.9 Å². The molecule has 5 rings (SSSR count). The molecule has 3 aromatic carbocycles. The zero-order chi connectivity index (χ0) is 30.3.